The van der Waals surface area contributed by atoms with E-state index in [2.05, 4.69) is 26.2 Å². The van der Waals surface area contributed by atoms with Gasteiger partial charge in [0.2, 0.25) is 0 Å². The second kappa shape index (κ2) is 7.57. The monoisotopic (exact) mass is 302 g/mol. The van der Waals surface area contributed by atoms with Crippen LogP contribution < -0.4 is 0 Å². The van der Waals surface area contributed by atoms with E-state index in [1.807, 2.05) is 18.2 Å². The van der Waals surface area contributed by atoms with E-state index in [9.17, 15) is 0 Å². The molecule has 0 bridgehead atoms. The number of aromatic nitrogens is 2. The van der Waals surface area contributed by atoms with E-state index in [0.717, 1.165) is 42.0 Å². The minimum atomic E-state index is 0.200. The molecule has 112 valence electrons. The van der Waals surface area contributed by atoms with E-state index < -0.39 is 0 Å². The summed E-state index contributed by atoms with van der Waals surface area (Å²) in [5.41, 5.74) is 5.20. The van der Waals surface area contributed by atoms with Crippen LogP contribution in [0, 0.1) is 6.92 Å². The molecule has 21 heavy (non-hydrogen) atoms. The molecule has 2 aromatic heterocycles. The number of rotatable bonds is 6. The maximum atomic E-state index is 8.95. The van der Waals surface area contributed by atoms with Gasteiger partial charge in [0, 0.05) is 22.9 Å². The highest BCUT2D eigenvalue weighted by molar-refractivity contribution is 7.98. The number of hydrogen-bond acceptors (Lipinski definition) is 4. The van der Waals surface area contributed by atoms with Crippen LogP contribution in [0.4, 0.5) is 0 Å². The second-order valence-electron chi connectivity index (χ2n) is 4.98. The maximum Gasteiger partial charge on any atom is 0.0929 e. The maximum absolute atomic E-state index is 8.95. The summed E-state index contributed by atoms with van der Waals surface area (Å²) in [4.78, 5) is 10.7. The lowest BCUT2D eigenvalue weighted by Gasteiger charge is -2.12. The Morgan fingerprint density at radius 2 is 2.00 bits per heavy atom. The van der Waals surface area contributed by atoms with Gasteiger partial charge in [-0.25, -0.2) is 0 Å². The lowest BCUT2D eigenvalue weighted by molar-refractivity contribution is 0.288. The summed E-state index contributed by atoms with van der Waals surface area (Å²) in [6.07, 6.45) is 4.56. The van der Waals surface area contributed by atoms with E-state index in [0.29, 0.717) is 0 Å². The molecule has 0 radical (unpaired) electrons. The van der Waals surface area contributed by atoms with Gasteiger partial charge in [0.25, 0.3) is 0 Å². The van der Waals surface area contributed by atoms with Gasteiger partial charge in [0.1, 0.15) is 0 Å². The van der Waals surface area contributed by atoms with Crippen molar-refractivity contribution in [2.24, 2.45) is 0 Å². The molecule has 0 amide bonds. The topological polar surface area (TPSA) is 46.0 Å². The van der Waals surface area contributed by atoms with Gasteiger partial charge in [0.15, 0.2) is 0 Å². The zero-order valence-electron chi connectivity index (χ0n) is 12.9. The van der Waals surface area contributed by atoms with Crippen molar-refractivity contribution < 1.29 is 5.11 Å². The Hall–Kier alpha value is -1.39. The molecular weight excluding hydrogens is 280 g/mol. The molecule has 0 saturated heterocycles. The van der Waals surface area contributed by atoms with Crippen LogP contribution in [-0.2, 0) is 12.8 Å². The standard InChI is InChI=1S/C17H22N2OS/c1-4-13-11-16(21-3)12(2)17(19-13)15-9-5-7-14(18-15)8-6-10-20/h5,7,9,11,20H,4,6,8,10H2,1-3H3. The minimum Gasteiger partial charge on any atom is -0.396 e. The van der Waals surface area contributed by atoms with Crippen LogP contribution in [0.1, 0.15) is 30.3 Å². The summed E-state index contributed by atoms with van der Waals surface area (Å²) < 4.78 is 0. The van der Waals surface area contributed by atoms with Crippen LogP contribution in [-0.4, -0.2) is 27.9 Å². The number of aliphatic hydroxyl groups excluding tert-OH is 1. The number of thioether (sulfide) groups is 1. The van der Waals surface area contributed by atoms with Gasteiger partial charge >= 0.3 is 0 Å². The van der Waals surface area contributed by atoms with Crippen molar-refractivity contribution in [2.75, 3.05) is 12.9 Å². The smallest absolute Gasteiger partial charge is 0.0929 e. The molecule has 0 aromatic carbocycles. The number of nitrogens with zero attached hydrogens (tertiary/aromatic N) is 2. The predicted octanol–water partition coefficient (Wildman–Crippen LogP) is 3.66. The molecule has 0 atom stereocenters. The van der Waals surface area contributed by atoms with E-state index in [1.165, 1.54) is 10.5 Å². The quantitative estimate of drug-likeness (QED) is 0.827. The Balaban J connectivity index is 2.45. The van der Waals surface area contributed by atoms with E-state index in [4.69, 9.17) is 15.1 Å². The van der Waals surface area contributed by atoms with Crippen molar-refractivity contribution in [1.82, 2.24) is 9.97 Å². The van der Waals surface area contributed by atoms with Gasteiger partial charge < -0.3 is 5.11 Å². The van der Waals surface area contributed by atoms with Gasteiger partial charge in [-0.1, -0.05) is 13.0 Å². The highest BCUT2D eigenvalue weighted by Crippen LogP contribution is 2.29. The van der Waals surface area contributed by atoms with Crippen LogP contribution in [0.3, 0.4) is 0 Å². The third-order valence-electron chi connectivity index (χ3n) is 3.50. The first kappa shape index (κ1) is 16.0. The second-order valence-corrected chi connectivity index (χ2v) is 5.83. The molecule has 0 saturated carbocycles. The first-order valence-electron chi connectivity index (χ1n) is 7.31. The van der Waals surface area contributed by atoms with Crippen LogP contribution in [0.2, 0.25) is 0 Å². The summed E-state index contributed by atoms with van der Waals surface area (Å²) in [6.45, 7) is 4.43. The number of pyridine rings is 2. The molecule has 1 N–H and O–H groups in total. The third-order valence-corrected chi connectivity index (χ3v) is 4.36. The van der Waals surface area contributed by atoms with Gasteiger partial charge in [-0.3, -0.25) is 9.97 Å². The first-order valence-corrected chi connectivity index (χ1v) is 8.53. The summed E-state index contributed by atoms with van der Waals surface area (Å²) in [5.74, 6) is 0. The summed E-state index contributed by atoms with van der Waals surface area (Å²) in [7, 11) is 0. The zero-order chi connectivity index (χ0) is 15.2. The average molecular weight is 302 g/mol. The van der Waals surface area contributed by atoms with E-state index in [-0.39, 0.29) is 6.61 Å². The fraction of sp³-hybridized carbons (Fsp3) is 0.412. The highest BCUT2D eigenvalue weighted by Gasteiger charge is 2.11. The Morgan fingerprint density at radius 1 is 1.19 bits per heavy atom. The van der Waals surface area contributed by atoms with Crippen molar-refractivity contribution in [3.05, 3.63) is 41.2 Å². The third kappa shape index (κ3) is 3.83. The minimum absolute atomic E-state index is 0.200. The SMILES string of the molecule is CCc1cc(SC)c(C)c(-c2cccc(CCCO)n2)n1. The van der Waals surface area contributed by atoms with Crippen molar-refractivity contribution >= 4 is 11.8 Å². The van der Waals surface area contributed by atoms with Crippen LogP contribution in [0.25, 0.3) is 11.4 Å². The van der Waals surface area contributed by atoms with Gasteiger partial charge in [-0.2, -0.15) is 0 Å². The molecule has 0 aliphatic carbocycles. The Labute approximate surface area is 130 Å². The Morgan fingerprint density at radius 3 is 2.67 bits per heavy atom. The lowest BCUT2D eigenvalue weighted by Crippen LogP contribution is -2.00. The number of hydrogen-bond donors (Lipinski definition) is 1. The molecule has 3 nitrogen and oxygen atoms in total. The molecular formula is C17H22N2OS. The van der Waals surface area contributed by atoms with E-state index >= 15 is 0 Å². The Bertz CT molecular complexity index is 614. The first-order chi connectivity index (χ1) is 10.2. The van der Waals surface area contributed by atoms with Crippen LogP contribution >= 0.6 is 11.8 Å². The number of aliphatic hydroxyl groups is 1. The fourth-order valence-electron chi connectivity index (χ4n) is 2.29. The van der Waals surface area contributed by atoms with Gasteiger partial charge in [-0.15, -0.1) is 11.8 Å². The molecule has 2 heterocycles. The summed E-state index contributed by atoms with van der Waals surface area (Å²) >= 11 is 1.75. The normalized spacial score (nSPS) is 10.9. The molecule has 0 aliphatic heterocycles. The predicted molar refractivity (Wildman–Crippen MR) is 88.8 cm³/mol. The molecule has 2 rings (SSSR count). The summed E-state index contributed by atoms with van der Waals surface area (Å²) in [5, 5.41) is 8.95. The van der Waals surface area contributed by atoms with Gasteiger partial charge in [-0.05, 0) is 56.2 Å². The molecule has 0 fully saturated rings. The molecule has 0 unspecified atom stereocenters. The zero-order valence-corrected chi connectivity index (χ0v) is 13.7. The van der Waals surface area contributed by atoms with Crippen molar-refractivity contribution in [1.29, 1.82) is 0 Å². The molecule has 2 aromatic rings. The van der Waals surface area contributed by atoms with Crippen molar-refractivity contribution in [2.45, 2.75) is 38.0 Å². The number of aryl methyl sites for hydroxylation is 2. The fourth-order valence-corrected chi connectivity index (χ4v) is 2.95. The Kier molecular flexibility index (Phi) is 5.76. The lowest BCUT2D eigenvalue weighted by atomic mass is 10.1. The molecule has 0 aliphatic rings. The van der Waals surface area contributed by atoms with Crippen LogP contribution in [0.5, 0.6) is 0 Å². The summed E-state index contributed by atoms with van der Waals surface area (Å²) in [6, 6.07) is 8.21. The van der Waals surface area contributed by atoms with Crippen LogP contribution in [0.15, 0.2) is 29.2 Å². The highest BCUT2D eigenvalue weighted by atomic mass is 32.2. The van der Waals surface area contributed by atoms with Crippen molar-refractivity contribution in [3.8, 4) is 11.4 Å². The largest absolute Gasteiger partial charge is 0.396 e. The van der Waals surface area contributed by atoms with Gasteiger partial charge in [0.05, 0.1) is 11.4 Å². The average Bonchev–Trinajstić information content (AvgIpc) is 2.53. The van der Waals surface area contributed by atoms with Crippen molar-refractivity contribution in [3.63, 3.8) is 0 Å². The molecule has 0 spiro atoms. The molecule has 4 heteroatoms. The van der Waals surface area contributed by atoms with E-state index in [1.54, 1.807) is 11.8 Å².